The van der Waals surface area contributed by atoms with Gasteiger partial charge in [0.2, 0.25) is 0 Å². The number of H-pyrrole nitrogens is 1. The summed E-state index contributed by atoms with van der Waals surface area (Å²) < 4.78 is 0. The van der Waals surface area contributed by atoms with Crippen LogP contribution in [0.15, 0.2) is 47.5 Å². The van der Waals surface area contributed by atoms with Gasteiger partial charge in [-0.05, 0) is 47.7 Å². The molecular weight excluding hydrogens is 380 g/mol. The first-order chi connectivity index (χ1) is 14.4. The van der Waals surface area contributed by atoms with Crippen LogP contribution >= 0.6 is 0 Å². The quantitative estimate of drug-likeness (QED) is 0.698. The third-order valence-electron chi connectivity index (χ3n) is 5.32. The topological polar surface area (TPSA) is 95.2 Å². The summed E-state index contributed by atoms with van der Waals surface area (Å²) in [6.45, 7) is 5.29. The molecular formula is C23H24N4O3. The number of amides is 2. The molecule has 0 bridgehead atoms. The molecule has 1 aromatic carbocycles. The van der Waals surface area contributed by atoms with Gasteiger partial charge < -0.3 is 15.2 Å². The summed E-state index contributed by atoms with van der Waals surface area (Å²) >= 11 is 0. The molecule has 1 aliphatic heterocycles. The molecule has 4 rings (SSSR count). The van der Waals surface area contributed by atoms with Crippen LogP contribution in [-0.2, 0) is 13.0 Å². The van der Waals surface area contributed by atoms with Crippen molar-refractivity contribution in [2.75, 3.05) is 13.1 Å². The van der Waals surface area contributed by atoms with Crippen LogP contribution in [0, 0.1) is 5.92 Å². The van der Waals surface area contributed by atoms with Crippen molar-refractivity contribution in [1.82, 2.24) is 20.2 Å². The summed E-state index contributed by atoms with van der Waals surface area (Å²) in [7, 11) is 0. The first-order valence-corrected chi connectivity index (χ1v) is 10.1. The summed E-state index contributed by atoms with van der Waals surface area (Å²) in [6, 6.07) is 9.24. The maximum absolute atomic E-state index is 13.1. The van der Waals surface area contributed by atoms with Crippen molar-refractivity contribution in [3.63, 3.8) is 0 Å². The van der Waals surface area contributed by atoms with Crippen LogP contribution in [0.25, 0.3) is 10.9 Å². The normalized spacial score (nSPS) is 13.4. The van der Waals surface area contributed by atoms with E-state index in [1.165, 1.54) is 0 Å². The molecule has 3 aromatic rings. The molecule has 0 spiro atoms. The fourth-order valence-electron chi connectivity index (χ4n) is 3.76. The Morgan fingerprint density at radius 3 is 2.90 bits per heavy atom. The number of rotatable bonds is 4. The van der Waals surface area contributed by atoms with Crippen LogP contribution in [0.3, 0.4) is 0 Å². The number of carbonyl (C=O) groups is 2. The van der Waals surface area contributed by atoms with Crippen molar-refractivity contribution >= 4 is 22.7 Å². The molecule has 0 saturated heterocycles. The molecule has 0 fully saturated rings. The van der Waals surface area contributed by atoms with E-state index < -0.39 is 5.56 Å². The average molecular weight is 404 g/mol. The maximum atomic E-state index is 13.1. The van der Waals surface area contributed by atoms with Crippen molar-refractivity contribution < 1.29 is 9.59 Å². The lowest BCUT2D eigenvalue weighted by atomic mass is 9.95. The second-order valence-corrected chi connectivity index (χ2v) is 7.99. The van der Waals surface area contributed by atoms with Crippen molar-refractivity contribution in [3.05, 3.63) is 75.3 Å². The van der Waals surface area contributed by atoms with Gasteiger partial charge in [-0.1, -0.05) is 19.9 Å². The second kappa shape index (κ2) is 8.10. The van der Waals surface area contributed by atoms with Gasteiger partial charge >= 0.3 is 0 Å². The Labute approximate surface area is 174 Å². The molecule has 3 heterocycles. The first-order valence-electron chi connectivity index (χ1n) is 10.1. The van der Waals surface area contributed by atoms with Gasteiger partial charge in [-0.15, -0.1) is 0 Å². The summed E-state index contributed by atoms with van der Waals surface area (Å²) in [4.78, 5) is 46.7. The van der Waals surface area contributed by atoms with E-state index in [4.69, 9.17) is 0 Å². The largest absolute Gasteiger partial charge is 0.352 e. The molecule has 7 nitrogen and oxygen atoms in total. The van der Waals surface area contributed by atoms with E-state index in [0.29, 0.717) is 31.6 Å². The monoisotopic (exact) mass is 404 g/mol. The predicted molar refractivity (Wildman–Crippen MR) is 114 cm³/mol. The molecule has 2 aromatic heterocycles. The molecule has 2 N–H and O–H groups in total. The fourth-order valence-corrected chi connectivity index (χ4v) is 3.76. The number of aromatic amines is 1. The highest BCUT2D eigenvalue weighted by Gasteiger charge is 2.27. The van der Waals surface area contributed by atoms with Crippen LogP contribution < -0.4 is 10.9 Å². The highest BCUT2D eigenvalue weighted by atomic mass is 16.2. The molecule has 154 valence electrons. The zero-order valence-corrected chi connectivity index (χ0v) is 17.1. The van der Waals surface area contributed by atoms with Gasteiger partial charge in [-0.2, -0.15) is 0 Å². The van der Waals surface area contributed by atoms with Crippen LogP contribution in [0.1, 0.15) is 45.7 Å². The molecule has 0 aliphatic carbocycles. The molecule has 1 aliphatic rings. The van der Waals surface area contributed by atoms with Crippen molar-refractivity contribution in [2.45, 2.75) is 26.8 Å². The average Bonchev–Trinajstić information content (AvgIpc) is 2.76. The molecule has 0 radical (unpaired) electrons. The standard InChI is InChI=1S/C23H24N4O3/c1-14(2)11-25-21(28)20-18-7-9-27(13-17(18)12-26-22(20)29)23(30)16-5-6-19-15(10-16)4-3-8-24-19/h3-6,8,10,12,14H,7,9,11,13H2,1-2H3,(H,25,28)(H,26,29). The van der Waals surface area contributed by atoms with Gasteiger partial charge in [0.1, 0.15) is 5.56 Å². The summed E-state index contributed by atoms with van der Waals surface area (Å²) in [6.07, 6.45) is 3.80. The lowest BCUT2D eigenvalue weighted by Crippen LogP contribution is -2.40. The van der Waals surface area contributed by atoms with Gasteiger partial charge in [-0.3, -0.25) is 19.4 Å². The van der Waals surface area contributed by atoms with Crippen molar-refractivity contribution in [1.29, 1.82) is 0 Å². The van der Waals surface area contributed by atoms with Gasteiger partial charge in [0.05, 0.1) is 5.52 Å². The molecule has 0 atom stereocenters. The Hall–Kier alpha value is -3.48. The number of benzene rings is 1. The lowest BCUT2D eigenvalue weighted by Gasteiger charge is -2.29. The number of aromatic nitrogens is 2. The maximum Gasteiger partial charge on any atom is 0.261 e. The molecule has 0 unspecified atom stereocenters. The van der Waals surface area contributed by atoms with Crippen molar-refractivity contribution in [2.24, 2.45) is 5.92 Å². The fraction of sp³-hybridized carbons (Fsp3) is 0.304. The van der Waals surface area contributed by atoms with E-state index in [2.05, 4.69) is 15.3 Å². The van der Waals surface area contributed by atoms with Gasteiger partial charge in [0.15, 0.2) is 0 Å². The molecule has 0 saturated carbocycles. The van der Waals surface area contributed by atoms with E-state index in [-0.39, 0.29) is 23.3 Å². The Bertz CT molecular complexity index is 1180. The van der Waals surface area contributed by atoms with E-state index in [9.17, 15) is 14.4 Å². The molecule has 7 heteroatoms. The highest BCUT2D eigenvalue weighted by molar-refractivity contribution is 5.98. The van der Waals surface area contributed by atoms with E-state index >= 15 is 0 Å². The molecule has 30 heavy (non-hydrogen) atoms. The third-order valence-corrected chi connectivity index (χ3v) is 5.32. The SMILES string of the molecule is CC(C)CNC(=O)c1c2c(c[nH]c1=O)CN(C(=O)c1ccc3ncccc3c1)CC2. The van der Waals surface area contributed by atoms with E-state index in [0.717, 1.165) is 22.0 Å². The Morgan fingerprint density at radius 2 is 2.10 bits per heavy atom. The number of nitrogens with zero attached hydrogens (tertiary/aromatic N) is 2. The molecule has 2 amide bonds. The van der Waals surface area contributed by atoms with Crippen LogP contribution in [0.4, 0.5) is 0 Å². The first kappa shape index (κ1) is 19.8. The van der Waals surface area contributed by atoms with Gasteiger partial charge in [0, 0.05) is 43.0 Å². The Balaban J connectivity index is 1.58. The van der Waals surface area contributed by atoms with Crippen LogP contribution in [-0.4, -0.2) is 39.8 Å². The van der Waals surface area contributed by atoms with E-state index in [1.54, 1.807) is 23.4 Å². The smallest absolute Gasteiger partial charge is 0.261 e. The number of pyridine rings is 2. The summed E-state index contributed by atoms with van der Waals surface area (Å²) in [5.74, 6) is -0.148. The number of hydrogen-bond donors (Lipinski definition) is 2. The van der Waals surface area contributed by atoms with Gasteiger partial charge in [0.25, 0.3) is 17.4 Å². The van der Waals surface area contributed by atoms with Crippen molar-refractivity contribution in [3.8, 4) is 0 Å². The summed E-state index contributed by atoms with van der Waals surface area (Å²) in [5.41, 5.74) is 2.73. The lowest BCUT2D eigenvalue weighted by molar-refractivity contribution is 0.0734. The van der Waals surface area contributed by atoms with E-state index in [1.807, 2.05) is 38.1 Å². The Morgan fingerprint density at radius 1 is 1.27 bits per heavy atom. The third kappa shape index (κ3) is 3.83. The van der Waals surface area contributed by atoms with Crippen LogP contribution in [0.2, 0.25) is 0 Å². The number of nitrogens with one attached hydrogen (secondary N) is 2. The van der Waals surface area contributed by atoms with Crippen LogP contribution in [0.5, 0.6) is 0 Å². The Kier molecular flexibility index (Phi) is 5.35. The summed E-state index contributed by atoms with van der Waals surface area (Å²) in [5, 5.41) is 3.73. The minimum absolute atomic E-state index is 0.0802. The zero-order chi connectivity index (χ0) is 21.3. The highest BCUT2D eigenvalue weighted by Crippen LogP contribution is 2.23. The number of fused-ring (bicyclic) bond motifs is 2. The second-order valence-electron chi connectivity index (χ2n) is 7.99. The number of carbonyl (C=O) groups excluding carboxylic acids is 2. The van der Waals surface area contributed by atoms with Gasteiger partial charge in [-0.25, -0.2) is 0 Å². The minimum atomic E-state index is -0.392. The number of hydrogen-bond acceptors (Lipinski definition) is 4. The minimum Gasteiger partial charge on any atom is -0.352 e. The predicted octanol–water partition coefficient (Wildman–Crippen LogP) is 2.51. The zero-order valence-electron chi connectivity index (χ0n) is 17.1.